The lowest BCUT2D eigenvalue weighted by Crippen LogP contribution is -2.24. The van der Waals surface area contributed by atoms with Gasteiger partial charge in [-0.3, -0.25) is 10.1 Å². The Morgan fingerprint density at radius 1 is 1.39 bits per heavy atom. The standard InChI is InChI=1S/C13H19ClN2O2/c1-9(2)10(3)7-15-8-11-4-5-12(14)6-13(11)16(17)18/h4-6,9-10,15H,7-8H2,1-3H3. The summed E-state index contributed by atoms with van der Waals surface area (Å²) in [6, 6.07) is 4.77. The number of benzene rings is 1. The van der Waals surface area contributed by atoms with E-state index in [1.807, 2.05) is 0 Å². The topological polar surface area (TPSA) is 55.2 Å². The van der Waals surface area contributed by atoms with Gasteiger partial charge in [-0.2, -0.15) is 0 Å². The lowest BCUT2D eigenvalue weighted by Gasteiger charge is -2.16. The zero-order chi connectivity index (χ0) is 13.7. The van der Waals surface area contributed by atoms with Gasteiger partial charge in [0.15, 0.2) is 0 Å². The molecule has 1 unspecified atom stereocenters. The summed E-state index contributed by atoms with van der Waals surface area (Å²) < 4.78 is 0. The summed E-state index contributed by atoms with van der Waals surface area (Å²) >= 11 is 5.76. The van der Waals surface area contributed by atoms with Gasteiger partial charge >= 0.3 is 0 Å². The molecule has 0 radical (unpaired) electrons. The summed E-state index contributed by atoms with van der Waals surface area (Å²) in [5.74, 6) is 1.13. The molecule has 0 aromatic heterocycles. The fraction of sp³-hybridized carbons (Fsp3) is 0.538. The molecule has 0 spiro atoms. The zero-order valence-electron chi connectivity index (χ0n) is 10.9. The number of halogens is 1. The van der Waals surface area contributed by atoms with Crippen molar-refractivity contribution in [2.24, 2.45) is 11.8 Å². The van der Waals surface area contributed by atoms with Gasteiger partial charge in [0.05, 0.1) is 4.92 Å². The van der Waals surface area contributed by atoms with Crippen molar-refractivity contribution in [3.8, 4) is 0 Å². The molecule has 1 aromatic carbocycles. The second kappa shape index (κ2) is 6.71. The summed E-state index contributed by atoms with van der Waals surface area (Å²) in [5.41, 5.74) is 0.743. The van der Waals surface area contributed by atoms with E-state index in [4.69, 9.17) is 11.6 Å². The molecule has 18 heavy (non-hydrogen) atoms. The van der Waals surface area contributed by atoms with Crippen LogP contribution in [0.25, 0.3) is 0 Å². The van der Waals surface area contributed by atoms with Crippen LogP contribution in [0.3, 0.4) is 0 Å². The third-order valence-electron chi connectivity index (χ3n) is 3.16. The first-order valence-electron chi connectivity index (χ1n) is 6.05. The van der Waals surface area contributed by atoms with Gasteiger partial charge in [-0.25, -0.2) is 0 Å². The van der Waals surface area contributed by atoms with E-state index in [0.29, 0.717) is 29.0 Å². The molecule has 0 fully saturated rings. The van der Waals surface area contributed by atoms with Crippen LogP contribution in [-0.2, 0) is 6.54 Å². The highest BCUT2D eigenvalue weighted by atomic mass is 35.5. The van der Waals surface area contributed by atoms with Crippen LogP contribution in [0.2, 0.25) is 5.02 Å². The number of rotatable bonds is 6. The minimum Gasteiger partial charge on any atom is -0.312 e. The first-order valence-corrected chi connectivity index (χ1v) is 6.43. The Hall–Kier alpha value is -1.13. The summed E-state index contributed by atoms with van der Waals surface area (Å²) in [7, 11) is 0. The number of hydrogen-bond acceptors (Lipinski definition) is 3. The first kappa shape index (κ1) is 14.9. The Bertz CT molecular complexity index is 421. The molecule has 0 aliphatic rings. The fourth-order valence-corrected chi connectivity index (χ4v) is 1.69. The van der Waals surface area contributed by atoms with Crippen molar-refractivity contribution in [1.82, 2.24) is 5.32 Å². The van der Waals surface area contributed by atoms with Crippen LogP contribution in [0.5, 0.6) is 0 Å². The van der Waals surface area contributed by atoms with Crippen LogP contribution in [0.1, 0.15) is 26.3 Å². The number of nitrogens with one attached hydrogen (secondary N) is 1. The van der Waals surface area contributed by atoms with Gasteiger partial charge < -0.3 is 5.32 Å². The molecule has 1 rings (SSSR count). The normalized spacial score (nSPS) is 12.7. The van der Waals surface area contributed by atoms with Crippen molar-refractivity contribution >= 4 is 17.3 Å². The van der Waals surface area contributed by atoms with Crippen LogP contribution in [0.4, 0.5) is 5.69 Å². The van der Waals surface area contributed by atoms with Crippen molar-refractivity contribution < 1.29 is 4.92 Å². The van der Waals surface area contributed by atoms with Crippen molar-refractivity contribution in [3.63, 3.8) is 0 Å². The maximum atomic E-state index is 10.9. The second-order valence-electron chi connectivity index (χ2n) is 4.88. The third kappa shape index (κ3) is 4.27. The molecule has 5 heteroatoms. The van der Waals surface area contributed by atoms with Crippen LogP contribution < -0.4 is 5.32 Å². The molecule has 0 heterocycles. The van der Waals surface area contributed by atoms with E-state index in [-0.39, 0.29) is 5.69 Å². The SMILES string of the molecule is CC(C)C(C)CNCc1ccc(Cl)cc1[N+](=O)[O-]. The molecule has 4 nitrogen and oxygen atoms in total. The van der Waals surface area contributed by atoms with E-state index in [1.54, 1.807) is 12.1 Å². The molecule has 1 aromatic rings. The van der Waals surface area contributed by atoms with E-state index in [2.05, 4.69) is 26.1 Å². The fourth-order valence-electron chi connectivity index (χ4n) is 1.53. The number of hydrogen-bond donors (Lipinski definition) is 1. The molecule has 100 valence electrons. The molecule has 0 aliphatic carbocycles. The summed E-state index contributed by atoms with van der Waals surface area (Å²) in [6.45, 7) is 7.82. The van der Waals surface area contributed by atoms with E-state index in [9.17, 15) is 10.1 Å². The van der Waals surface area contributed by atoms with Crippen molar-refractivity contribution in [1.29, 1.82) is 0 Å². The van der Waals surface area contributed by atoms with E-state index in [1.165, 1.54) is 6.07 Å². The molecular formula is C13H19ClN2O2. The summed E-state index contributed by atoms with van der Waals surface area (Å²) in [6.07, 6.45) is 0. The quantitative estimate of drug-likeness (QED) is 0.634. The van der Waals surface area contributed by atoms with Crippen LogP contribution in [0, 0.1) is 22.0 Å². The molecule has 0 saturated heterocycles. The Morgan fingerprint density at radius 2 is 2.06 bits per heavy atom. The molecular weight excluding hydrogens is 252 g/mol. The lowest BCUT2D eigenvalue weighted by molar-refractivity contribution is -0.385. The summed E-state index contributed by atoms with van der Waals surface area (Å²) in [4.78, 5) is 10.5. The Morgan fingerprint density at radius 3 is 2.61 bits per heavy atom. The van der Waals surface area contributed by atoms with Gasteiger partial charge in [-0.05, 0) is 30.5 Å². The van der Waals surface area contributed by atoms with Gasteiger partial charge in [-0.15, -0.1) is 0 Å². The number of nitro benzene ring substituents is 1. The van der Waals surface area contributed by atoms with Crippen molar-refractivity contribution in [2.75, 3.05) is 6.54 Å². The number of nitrogens with zero attached hydrogens (tertiary/aromatic N) is 1. The smallest absolute Gasteiger partial charge is 0.275 e. The monoisotopic (exact) mass is 270 g/mol. The van der Waals surface area contributed by atoms with Gasteiger partial charge in [0.2, 0.25) is 0 Å². The molecule has 0 bridgehead atoms. The zero-order valence-corrected chi connectivity index (χ0v) is 11.7. The summed E-state index contributed by atoms with van der Waals surface area (Å²) in [5, 5.41) is 14.5. The van der Waals surface area contributed by atoms with Gasteiger partial charge in [0, 0.05) is 23.2 Å². The maximum Gasteiger partial charge on any atom is 0.275 e. The van der Waals surface area contributed by atoms with E-state index < -0.39 is 4.92 Å². The maximum absolute atomic E-state index is 10.9. The highest BCUT2D eigenvalue weighted by molar-refractivity contribution is 6.30. The lowest BCUT2D eigenvalue weighted by atomic mass is 9.98. The Labute approximate surface area is 112 Å². The van der Waals surface area contributed by atoms with E-state index in [0.717, 1.165) is 6.54 Å². The van der Waals surface area contributed by atoms with Gasteiger partial charge in [0.1, 0.15) is 0 Å². The molecule has 0 aliphatic heterocycles. The van der Waals surface area contributed by atoms with E-state index >= 15 is 0 Å². The largest absolute Gasteiger partial charge is 0.312 e. The van der Waals surface area contributed by atoms with Crippen LogP contribution in [-0.4, -0.2) is 11.5 Å². The average Bonchev–Trinajstić information content (AvgIpc) is 2.30. The van der Waals surface area contributed by atoms with Gasteiger partial charge in [0.25, 0.3) is 5.69 Å². The predicted octanol–water partition coefficient (Wildman–Crippen LogP) is 3.63. The van der Waals surface area contributed by atoms with Crippen LogP contribution in [0.15, 0.2) is 18.2 Å². The van der Waals surface area contributed by atoms with Crippen molar-refractivity contribution in [2.45, 2.75) is 27.3 Å². The average molecular weight is 271 g/mol. The van der Waals surface area contributed by atoms with Crippen molar-refractivity contribution in [3.05, 3.63) is 38.9 Å². The number of nitro groups is 1. The minimum absolute atomic E-state index is 0.0761. The molecule has 1 N–H and O–H groups in total. The predicted molar refractivity (Wildman–Crippen MR) is 73.8 cm³/mol. The molecule has 0 amide bonds. The Kier molecular flexibility index (Phi) is 5.56. The molecule has 1 atom stereocenters. The van der Waals surface area contributed by atoms with Crippen LogP contribution >= 0.6 is 11.6 Å². The first-order chi connectivity index (χ1) is 8.41. The Balaban J connectivity index is 2.65. The molecule has 0 saturated carbocycles. The van der Waals surface area contributed by atoms with Gasteiger partial charge in [-0.1, -0.05) is 32.4 Å². The second-order valence-corrected chi connectivity index (χ2v) is 5.32. The third-order valence-corrected chi connectivity index (χ3v) is 3.40. The highest BCUT2D eigenvalue weighted by Gasteiger charge is 2.14. The minimum atomic E-state index is -0.394. The highest BCUT2D eigenvalue weighted by Crippen LogP contribution is 2.23.